The number of halogens is 2. The number of aromatic nitrogens is 1. The highest BCUT2D eigenvalue weighted by atomic mass is 32.2. The first-order valence-electron chi connectivity index (χ1n) is 9.10. The minimum absolute atomic E-state index is 0.153. The van der Waals surface area contributed by atoms with Gasteiger partial charge < -0.3 is 15.0 Å². The van der Waals surface area contributed by atoms with Gasteiger partial charge in [0.15, 0.2) is 0 Å². The third-order valence-corrected chi connectivity index (χ3v) is 6.48. The Morgan fingerprint density at radius 3 is 2.85 bits per heavy atom. The summed E-state index contributed by atoms with van der Waals surface area (Å²) in [5.41, 5.74) is 0.0159. The molecule has 146 valence electrons. The first-order chi connectivity index (χ1) is 12.9. The van der Waals surface area contributed by atoms with Crippen LogP contribution < -0.4 is 5.32 Å². The van der Waals surface area contributed by atoms with Crippen molar-refractivity contribution in [3.8, 4) is 0 Å². The molecule has 1 N–H and O–H groups in total. The number of nitrogens with one attached hydrogen (secondary N) is 1. The maximum absolute atomic E-state index is 12.6. The van der Waals surface area contributed by atoms with Gasteiger partial charge in [0.05, 0.1) is 30.6 Å². The second-order valence-corrected chi connectivity index (χ2v) is 8.45. The summed E-state index contributed by atoms with van der Waals surface area (Å²) in [5, 5.41) is 2.66. The van der Waals surface area contributed by atoms with E-state index >= 15 is 0 Å². The summed E-state index contributed by atoms with van der Waals surface area (Å²) in [6.45, 7) is 1.31. The van der Waals surface area contributed by atoms with Crippen LogP contribution in [-0.2, 0) is 14.3 Å². The fourth-order valence-electron chi connectivity index (χ4n) is 4.69. The van der Waals surface area contributed by atoms with Gasteiger partial charge in [0.1, 0.15) is 5.03 Å². The van der Waals surface area contributed by atoms with E-state index in [1.165, 1.54) is 24.8 Å². The van der Waals surface area contributed by atoms with Crippen LogP contribution in [0.5, 0.6) is 0 Å². The normalized spacial score (nSPS) is 29.5. The molecular weight excluding hydrogens is 376 g/mol. The highest BCUT2D eigenvalue weighted by Gasteiger charge is 2.54. The molecule has 1 aromatic rings. The van der Waals surface area contributed by atoms with E-state index in [2.05, 4.69) is 10.3 Å². The molecule has 2 saturated carbocycles. The Bertz CT molecular complexity index is 733. The lowest BCUT2D eigenvalue weighted by Crippen LogP contribution is -2.57. The summed E-state index contributed by atoms with van der Waals surface area (Å²) in [6, 6.07) is 2.84. The van der Waals surface area contributed by atoms with E-state index < -0.39 is 17.6 Å². The zero-order chi connectivity index (χ0) is 19.0. The molecule has 3 atom stereocenters. The maximum Gasteiger partial charge on any atom is 0.313 e. The topological polar surface area (TPSA) is 71.5 Å². The highest BCUT2D eigenvalue weighted by Crippen LogP contribution is 2.53. The van der Waals surface area contributed by atoms with Crippen LogP contribution in [0.15, 0.2) is 23.4 Å². The van der Waals surface area contributed by atoms with Crippen LogP contribution >= 0.6 is 11.8 Å². The molecule has 2 heterocycles. The quantitative estimate of drug-likeness (QED) is 0.627. The zero-order valence-electron chi connectivity index (χ0n) is 14.7. The van der Waals surface area contributed by atoms with Crippen LogP contribution in [0.3, 0.4) is 0 Å². The highest BCUT2D eigenvalue weighted by molar-refractivity contribution is 7.99. The molecular formula is C18H21F2N3O3S. The molecule has 1 spiro atoms. The number of carbonyl (C=O) groups excluding carboxylic acids is 2. The number of hydrogen-bond acceptors (Lipinski definition) is 5. The maximum atomic E-state index is 12.6. The number of ether oxygens (including phenoxy) is 1. The van der Waals surface area contributed by atoms with Crippen molar-refractivity contribution >= 4 is 29.3 Å². The van der Waals surface area contributed by atoms with Gasteiger partial charge in [-0.05, 0) is 61.4 Å². The lowest BCUT2D eigenvalue weighted by atomic mass is 9.82. The van der Waals surface area contributed by atoms with E-state index in [0.29, 0.717) is 49.0 Å². The van der Waals surface area contributed by atoms with Crippen molar-refractivity contribution in [3.63, 3.8) is 0 Å². The van der Waals surface area contributed by atoms with Crippen molar-refractivity contribution in [3.05, 3.63) is 18.3 Å². The summed E-state index contributed by atoms with van der Waals surface area (Å²) in [7, 11) is 0. The minimum atomic E-state index is -2.56. The number of alkyl halides is 2. The van der Waals surface area contributed by atoms with Crippen molar-refractivity contribution in [1.82, 2.24) is 9.88 Å². The predicted molar refractivity (Wildman–Crippen MR) is 95.4 cm³/mol. The van der Waals surface area contributed by atoms with Gasteiger partial charge in [0.2, 0.25) is 0 Å². The molecule has 1 aromatic heterocycles. The van der Waals surface area contributed by atoms with Gasteiger partial charge in [0.25, 0.3) is 5.76 Å². The van der Waals surface area contributed by atoms with Gasteiger partial charge in [-0.3, -0.25) is 9.59 Å². The third-order valence-electron chi connectivity index (χ3n) is 5.81. The van der Waals surface area contributed by atoms with E-state index in [1.807, 2.05) is 0 Å². The Morgan fingerprint density at radius 1 is 1.37 bits per heavy atom. The van der Waals surface area contributed by atoms with Gasteiger partial charge >= 0.3 is 11.8 Å². The van der Waals surface area contributed by atoms with Crippen LogP contribution in [0, 0.1) is 11.8 Å². The Hall–Kier alpha value is -1.74. The lowest BCUT2D eigenvalue weighted by molar-refractivity contribution is -0.164. The van der Waals surface area contributed by atoms with Gasteiger partial charge in [-0.25, -0.2) is 4.98 Å². The van der Waals surface area contributed by atoms with Crippen LogP contribution in [0.2, 0.25) is 0 Å². The molecule has 6 nitrogen and oxygen atoms in total. The molecule has 1 saturated heterocycles. The number of rotatable bonds is 3. The van der Waals surface area contributed by atoms with Gasteiger partial charge in [-0.15, -0.1) is 0 Å². The van der Waals surface area contributed by atoms with Gasteiger partial charge in [-0.1, -0.05) is 0 Å². The summed E-state index contributed by atoms with van der Waals surface area (Å²) >= 11 is 0.325. The van der Waals surface area contributed by atoms with Crippen LogP contribution in [0.1, 0.15) is 25.7 Å². The molecule has 9 heteroatoms. The van der Waals surface area contributed by atoms with E-state index in [4.69, 9.17) is 4.74 Å². The molecule has 2 aliphatic carbocycles. The molecule has 3 unspecified atom stereocenters. The Labute approximate surface area is 160 Å². The van der Waals surface area contributed by atoms with E-state index in [-0.39, 0.29) is 10.6 Å². The predicted octanol–water partition coefficient (Wildman–Crippen LogP) is 2.75. The fraction of sp³-hybridized carbons (Fsp3) is 0.611. The largest absolute Gasteiger partial charge is 0.371 e. The van der Waals surface area contributed by atoms with E-state index in [0.717, 1.165) is 19.3 Å². The zero-order valence-corrected chi connectivity index (χ0v) is 15.5. The molecule has 27 heavy (non-hydrogen) atoms. The molecule has 2 bridgehead atoms. The van der Waals surface area contributed by atoms with Crippen molar-refractivity contribution in [2.45, 2.75) is 42.1 Å². The Morgan fingerprint density at radius 2 is 2.22 bits per heavy atom. The molecule has 3 aliphatic rings. The third kappa shape index (κ3) is 3.80. The number of anilines is 1. The molecule has 2 amide bonds. The van der Waals surface area contributed by atoms with E-state index in [9.17, 15) is 18.4 Å². The standard InChI is InChI=1S/C18H21F2N3O3S/c19-17(20)27-14-4-3-13(9-21-14)22-15(24)16(25)23-5-6-26-18(10-23)8-11-1-2-12(18)7-11/h3-4,9,11-12,17H,1-2,5-8,10H2,(H,22,24). The summed E-state index contributed by atoms with van der Waals surface area (Å²) in [5.74, 6) is -2.74. The monoisotopic (exact) mass is 397 g/mol. The average molecular weight is 397 g/mol. The molecule has 0 radical (unpaired) electrons. The Balaban J connectivity index is 1.37. The summed E-state index contributed by atoms with van der Waals surface area (Å²) in [4.78, 5) is 30.4. The second-order valence-electron chi connectivity index (χ2n) is 7.44. The van der Waals surface area contributed by atoms with E-state index in [1.54, 1.807) is 4.90 Å². The van der Waals surface area contributed by atoms with Crippen molar-refractivity contribution in [1.29, 1.82) is 0 Å². The number of amides is 2. The SMILES string of the molecule is O=C(Nc1ccc(SC(F)F)nc1)C(=O)N1CCOC2(CC3CCC2C3)C1. The molecule has 1 aliphatic heterocycles. The molecule has 0 aromatic carbocycles. The first kappa shape index (κ1) is 18.6. The smallest absolute Gasteiger partial charge is 0.313 e. The number of nitrogens with zero attached hydrogens (tertiary/aromatic N) is 2. The van der Waals surface area contributed by atoms with Crippen LogP contribution in [0.4, 0.5) is 14.5 Å². The fourth-order valence-corrected chi connectivity index (χ4v) is 5.13. The molecule has 3 fully saturated rings. The summed E-state index contributed by atoms with van der Waals surface area (Å²) in [6.07, 6.45) is 5.76. The lowest BCUT2D eigenvalue weighted by Gasteiger charge is -2.45. The van der Waals surface area contributed by atoms with Gasteiger partial charge in [-0.2, -0.15) is 8.78 Å². The number of morpholine rings is 1. The minimum Gasteiger partial charge on any atom is -0.371 e. The van der Waals surface area contributed by atoms with Crippen molar-refractivity contribution in [2.24, 2.45) is 11.8 Å². The number of carbonyl (C=O) groups is 2. The Kier molecular flexibility index (Phi) is 5.07. The average Bonchev–Trinajstić information content (AvgIpc) is 3.23. The van der Waals surface area contributed by atoms with Crippen molar-refractivity contribution < 1.29 is 23.1 Å². The van der Waals surface area contributed by atoms with Gasteiger partial charge in [0, 0.05) is 6.54 Å². The number of pyridine rings is 1. The van der Waals surface area contributed by atoms with Crippen LogP contribution in [0.25, 0.3) is 0 Å². The number of thioether (sulfide) groups is 1. The number of hydrogen-bond donors (Lipinski definition) is 1. The summed E-state index contributed by atoms with van der Waals surface area (Å²) < 4.78 is 30.7. The van der Waals surface area contributed by atoms with Crippen molar-refractivity contribution in [2.75, 3.05) is 25.0 Å². The van der Waals surface area contributed by atoms with Crippen LogP contribution in [-0.4, -0.2) is 52.8 Å². The molecule has 4 rings (SSSR count). The number of fused-ring (bicyclic) bond motifs is 3. The second kappa shape index (κ2) is 7.35. The first-order valence-corrected chi connectivity index (χ1v) is 9.98.